The molecule has 1 N–H and O–H groups in total. The summed E-state index contributed by atoms with van der Waals surface area (Å²) in [6, 6.07) is 2.00. The van der Waals surface area contributed by atoms with Crippen LogP contribution < -0.4 is 10.1 Å². The Kier molecular flexibility index (Phi) is 5.94. The van der Waals surface area contributed by atoms with Gasteiger partial charge in [0, 0.05) is 36.6 Å². The molecule has 0 aliphatic rings. The first-order valence-electron chi connectivity index (χ1n) is 6.07. The van der Waals surface area contributed by atoms with Gasteiger partial charge in [-0.05, 0) is 27.6 Å². The predicted molar refractivity (Wildman–Crippen MR) is 70.4 cm³/mol. The summed E-state index contributed by atoms with van der Waals surface area (Å²) in [7, 11) is 4.08. The van der Waals surface area contributed by atoms with Crippen molar-refractivity contribution < 1.29 is 4.74 Å². The summed E-state index contributed by atoms with van der Waals surface area (Å²) in [6.07, 6.45) is 1.89. The summed E-state index contributed by atoms with van der Waals surface area (Å²) in [6.45, 7) is 7.45. The molecule has 0 radical (unpaired) electrons. The highest BCUT2D eigenvalue weighted by atomic mass is 16.5. The van der Waals surface area contributed by atoms with E-state index in [2.05, 4.69) is 22.1 Å². The molecule has 4 heteroatoms. The van der Waals surface area contributed by atoms with E-state index < -0.39 is 0 Å². The van der Waals surface area contributed by atoms with Gasteiger partial charge in [-0.1, -0.05) is 6.92 Å². The fraction of sp³-hybridized carbons (Fsp3) is 0.615. The molecule has 0 aromatic carbocycles. The zero-order valence-corrected chi connectivity index (χ0v) is 11.3. The number of aromatic nitrogens is 1. The van der Waals surface area contributed by atoms with Crippen molar-refractivity contribution in [3.05, 3.63) is 23.5 Å². The molecule has 0 saturated carbocycles. The zero-order chi connectivity index (χ0) is 12.7. The van der Waals surface area contributed by atoms with E-state index in [0.717, 1.165) is 36.6 Å². The molecule has 4 nitrogen and oxygen atoms in total. The van der Waals surface area contributed by atoms with Crippen LogP contribution in [-0.4, -0.2) is 43.7 Å². The van der Waals surface area contributed by atoms with Crippen LogP contribution in [0.15, 0.2) is 12.3 Å². The minimum Gasteiger partial charge on any atom is -0.492 e. The first kappa shape index (κ1) is 13.9. The van der Waals surface area contributed by atoms with Crippen LogP contribution >= 0.6 is 0 Å². The number of ether oxygens (including phenoxy) is 1. The largest absolute Gasteiger partial charge is 0.492 e. The van der Waals surface area contributed by atoms with Crippen molar-refractivity contribution in [3.63, 3.8) is 0 Å². The van der Waals surface area contributed by atoms with E-state index in [4.69, 9.17) is 4.74 Å². The van der Waals surface area contributed by atoms with Gasteiger partial charge in [0.2, 0.25) is 0 Å². The standard InChI is InChI=1S/C13H23N3O/c1-5-14-9-12-10-15-11(2)8-13(12)17-7-6-16(3)4/h8,10,14H,5-7,9H2,1-4H3. The fourth-order valence-electron chi connectivity index (χ4n) is 1.43. The molecule has 1 aromatic heterocycles. The highest BCUT2D eigenvalue weighted by Crippen LogP contribution is 2.18. The maximum atomic E-state index is 5.80. The topological polar surface area (TPSA) is 37.4 Å². The first-order valence-corrected chi connectivity index (χ1v) is 6.07. The molecule has 0 fully saturated rings. The number of hydrogen-bond donors (Lipinski definition) is 1. The Morgan fingerprint density at radius 1 is 1.41 bits per heavy atom. The summed E-state index contributed by atoms with van der Waals surface area (Å²) in [5.41, 5.74) is 2.11. The predicted octanol–water partition coefficient (Wildman–Crippen LogP) is 1.44. The van der Waals surface area contributed by atoms with Crippen molar-refractivity contribution in [2.75, 3.05) is 33.8 Å². The van der Waals surface area contributed by atoms with Crippen molar-refractivity contribution in [2.24, 2.45) is 0 Å². The van der Waals surface area contributed by atoms with Gasteiger partial charge in [-0.25, -0.2) is 0 Å². The van der Waals surface area contributed by atoms with E-state index in [9.17, 15) is 0 Å². The highest BCUT2D eigenvalue weighted by molar-refractivity contribution is 5.32. The SMILES string of the molecule is CCNCc1cnc(C)cc1OCCN(C)C. The molecule has 17 heavy (non-hydrogen) atoms. The van der Waals surface area contributed by atoms with Crippen LogP contribution in [0.4, 0.5) is 0 Å². The fourth-order valence-corrected chi connectivity index (χ4v) is 1.43. The van der Waals surface area contributed by atoms with Crippen molar-refractivity contribution in [1.29, 1.82) is 0 Å². The average molecular weight is 237 g/mol. The van der Waals surface area contributed by atoms with E-state index >= 15 is 0 Å². The maximum absolute atomic E-state index is 5.80. The van der Waals surface area contributed by atoms with Crippen LogP contribution in [-0.2, 0) is 6.54 Å². The van der Waals surface area contributed by atoms with Gasteiger partial charge >= 0.3 is 0 Å². The van der Waals surface area contributed by atoms with Crippen molar-refractivity contribution in [1.82, 2.24) is 15.2 Å². The summed E-state index contributed by atoms with van der Waals surface area (Å²) in [5, 5.41) is 3.29. The molecule has 0 aliphatic carbocycles. The van der Waals surface area contributed by atoms with Crippen LogP contribution in [0.3, 0.4) is 0 Å². The molecule has 0 unspecified atom stereocenters. The van der Waals surface area contributed by atoms with Crippen molar-refractivity contribution in [3.8, 4) is 5.75 Å². The van der Waals surface area contributed by atoms with Crippen LogP contribution in [0.5, 0.6) is 5.75 Å². The molecular weight excluding hydrogens is 214 g/mol. The van der Waals surface area contributed by atoms with Crippen LogP contribution in [0, 0.1) is 6.92 Å². The summed E-state index contributed by atoms with van der Waals surface area (Å²) in [4.78, 5) is 6.41. The number of aryl methyl sites for hydroxylation is 1. The van der Waals surface area contributed by atoms with Crippen LogP contribution in [0.1, 0.15) is 18.2 Å². The van der Waals surface area contributed by atoms with E-state index in [1.807, 2.05) is 33.3 Å². The second-order valence-electron chi connectivity index (χ2n) is 4.37. The first-order chi connectivity index (χ1) is 8.13. The molecule has 96 valence electrons. The highest BCUT2D eigenvalue weighted by Gasteiger charge is 2.04. The van der Waals surface area contributed by atoms with Gasteiger partial charge < -0.3 is 15.0 Å². The van der Waals surface area contributed by atoms with Crippen LogP contribution in [0.25, 0.3) is 0 Å². The lowest BCUT2D eigenvalue weighted by Crippen LogP contribution is -2.20. The molecule has 0 amide bonds. The quantitative estimate of drug-likeness (QED) is 0.778. The summed E-state index contributed by atoms with van der Waals surface area (Å²) in [5.74, 6) is 0.945. The molecule has 1 aromatic rings. The summed E-state index contributed by atoms with van der Waals surface area (Å²) < 4.78 is 5.80. The second-order valence-corrected chi connectivity index (χ2v) is 4.37. The molecule has 1 rings (SSSR count). The molecule has 0 bridgehead atoms. The number of pyridine rings is 1. The number of hydrogen-bond acceptors (Lipinski definition) is 4. The Balaban J connectivity index is 2.62. The average Bonchev–Trinajstić information content (AvgIpc) is 2.27. The number of likely N-dealkylation sites (N-methyl/N-ethyl adjacent to an activating group) is 1. The van der Waals surface area contributed by atoms with E-state index in [-0.39, 0.29) is 0 Å². The monoisotopic (exact) mass is 237 g/mol. The van der Waals surface area contributed by atoms with Gasteiger partial charge in [-0.2, -0.15) is 0 Å². The lowest BCUT2D eigenvalue weighted by Gasteiger charge is -2.14. The zero-order valence-electron chi connectivity index (χ0n) is 11.3. The summed E-state index contributed by atoms with van der Waals surface area (Å²) >= 11 is 0. The smallest absolute Gasteiger partial charge is 0.127 e. The third-order valence-corrected chi connectivity index (χ3v) is 2.44. The number of nitrogens with zero attached hydrogens (tertiary/aromatic N) is 2. The molecule has 1 heterocycles. The number of nitrogens with one attached hydrogen (secondary N) is 1. The molecule has 0 aliphatic heterocycles. The Morgan fingerprint density at radius 3 is 2.82 bits per heavy atom. The van der Waals surface area contributed by atoms with Gasteiger partial charge in [-0.3, -0.25) is 4.98 Å². The third-order valence-electron chi connectivity index (χ3n) is 2.44. The van der Waals surface area contributed by atoms with E-state index in [0.29, 0.717) is 6.61 Å². The van der Waals surface area contributed by atoms with E-state index in [1.165, 1.54) is 0 Å². The van der Waals surface area contributed by atoms with Gasteiger partial charge in [0.05, 0.1) is 0 Å². The minimum absolute atomic E-state index is 0.704. The Hall–Kier alpha value is -1.13. The minimum atomic E-state index is 0.704. The lowest BCUT2D eigenvalue weighted by molar-refractivity contribution is 0.258. The Labute approximate surface area is 104 Å². The molecule has 0 spiro atoms. The van der Waals surface area contributed by atoms with Gasteiger partial charge in [0.15, 0.2) is 0 Å². The number of rotatable bonds is 7. The van der Waals surface area contributed by atoms with Gasteiger partial charge in [0.1, 0.15) is 12.4 Å². The third kappa shape index (κ3) is 5.15. The molecular formula is C13H23N3O. The molecule has 0 atom stereocenters. The van der Waals surface area contributed by atoms with Crippen molar-refractivity contribution in [2.45, 2.75) is 20.4 Å². The normalized spacial score (nSPS) is 10.9. The van der Waals surface area contributed by atoms with Crippen LogP contribution in [0.2, 0.25) is 0 Å². The van der Waals surface area contributed by atoms with Gasteiger partial charge in [-0.15, -0.1) is 0 Å². The van der Waals surface area contributed by atoms with Gasteiger partial charge in [0.25, 0.3) is 0 Å². The maximum Gasteiger partial charge on any atom is 0.127 e. The Bertz CT molecular complexity index is 339. The second kappa shape index (κ2) is 7.25. The van der Waals surface area contributed by atoms with Crippen molar-refractivity contribution >= 4 is 0 Å². The van der Waals surface area contributed by atoms with E-state index in [1.54, 1.807) is 0 Å². The molecule has 0 saturated heterocycles. The Morgan fingerprint density at radius 2 is 2.18 bits per heavy atom. The lowest BCUT2D eigenvalue weighted by atomic mass is 10.2.